The van der Waals surface area contributed by atoms with Crippen LogP contribution in [0.3, 0.4) is 0 Å². The second kappa shape index (κ2) is 8.37. The molecule has 168 valence electrons. The van der Waals surface area contributed by atoms with Crippen LogP contribution in [0.15, 0.2) is 47.5 Å². The van der Waals surface area contributed by atoms with Crippen LogP contribution in [0, 0.1) is 0 Å². The lowest BCUT2D eigenvalue weighted by Gasteiger charge is -2.32. The molecular weight excluding hydrogens is 444 g/mol. The molecule has 2 aliphatic rings. The summed E-state index contributed by atoms with van der Waals surface area (Å²) in [6.07, 6.45) is 1.29. The molecule has 0 bridgehead atoms. The molecule has 2 amide bonds. The van der Waals surface area contributed by atoms with E-state index in [-0.39, 0.29) is 41.1 Å². The topological polar surface area (TPSA) is 115 Å². The average molecular weight is 465 g/mol. The zero-order valence-electron chi connectivity index (χ0n) is 17.6. The van der Waals surface area contributed by atoms with Crippen molar-refractivity contribution in [2.45, 2.75) is 18.9 Å². The monoisotopic (exact) mass is 464 g/mol. The summed E-state index contributed by atoms with van der Waals surface area (Å²) in [4.78, 5) is 46.7. The number of piperidine rings is 1. The Morgan fingerprint density at radius 2 is 1.94 bits per heavy atom. The van der Waals surface area contributed by atoms with Gasteiger partial charge in [-0.3, -0.25) is 14.4 Å². The third-order valence-electron chi connectivity index (χ3n) is 6.17. The van der Waals surface area contributed by atoms with E-state index in [1.54, 1.807) is 23.1 Å². The maximum absolute atomic E-state index is 13.1. The van der Waals surface area contributed by atoms with Crippen LogP contribution in [-0.4, -0.2) is 63.3 Å². The van der Waals surface area contributed by atoms with Gasteiger partial charge in [0.15, 0.2) is 5.88 Å². The fraction of sp³-hybridized carbons (Fsp3) is 0.250. The van der Waals surface area contributed by atoms with Gasteiger partial charge in [-0.2, -0.15) is 0 Å². The van der Waals surface area contributed by atoms with Crippen LogP contribution in [0.4, 0.5) is 5.69 Å². The van der Waals surface area contributed by atoms with Crippen LogP contribution in [0.5, 0.6) is 5.88 Å². The minimum Gasteiger partial charge on any atom is -0.494 e. The van der Waals surface area contributed by atoms with Crippen LogP contribution in [0.25, 0.3) is 10.9 Å². The molecule has 5 rings (SSSR count). The van der Waals surface area contributed by atoms with Crippen molar-refractivity contribution < 1.29 is 19.5 Å². The van der Waals surface area contributed by atoms with Gasteiger partial charge >= 0.3 is 0 Å². The van der Waals surface area contributed by atoms with Gasteiger partial charge in [0.2, 0.25) is 11.7 Å². The Morgan fingerprint density at radius 3 is 2.70 bits per heavy atom. The van der Waals surface area contributed by atoms with Gasteiger partial charge in [0.25, 0.3) is 5.91 Å². The smallest absolute Gasteiger partial charge is 0.251 e. The first-order valence-corrected chi connectivity index (χ1v) is 11.2. The summed E-state index contributed by atoms with van der Waals surface area (Å²) in [7, 11) is 0. The molecule has 1 saturated heterocycles. The number of aromatic amines is 1. The number of Topliss-reactive ketones (excluding diaryl/α,β-unsaturated/α-hetero) is 1. The molecule has 0 unspecified atom stereocenters. The van der Waals surface area contributed by atoms with Crippen molar-refractivity contribution in [1.82, 2.24) is 15.2 Å². The number of alkyl halides is 1. The predicted octanol–water partition coefficient (Wildman–Crippen LogP) is 3.15. The Labute approximate surface area is 194 Å². The van der Waals surface area contributed by atoms with Gasteiger partial charge in [-0.25, -0.2) is 4.99 Å². The fourth-order valence-corrected chi connectivity index (χ4v) is 4.59. The van der Waals surface area contributed by atoms with Crippen LogP contribution in [0.1, 0.15) is 39.1 Å². The van der Waals surface area contributed by atoms with Crippen molar-refractivity contribution in [3.8, 4) is 5.88 Å². The lowest BCUT2D eigenvalue weighted by molar-refractivity contribution is -0.129. The third kappa shape index (κ3) is 3.76. The molecule has 1 aromatic heterocycles. The number of likely N-dealkylation sites (tertiary alicyclic amines) is 1. The highest BCUT2D eigenvalue weighted by molar-refractivity contribution is 6.56. The van der Waals surface area contributed by atoms with Crippen molar-refractivity contribution in [3.63, 3.8) is 0 Å². The number of carbonyl (C=O) groups is 3. The number of amides is 2. The van der Waals surface area contributed by atoms with Gasteiger partial charge in [-0.05, 0) is 37.1 Å². The van der Waals surface area contributed by atoms with Crippen LogP contribution in [0.2, 0.25) is 0 Å². The van der Waals surface area contributed by atoms with Gasteiger partial charge in [0.05, 0.1) is 16.8 Å². The molecule has 0 spiro atoms. The maximum Gasteiger partial charge on any atom is 0.251 e. The summed E-state index contributed by atoms with van der Waals surface area (Å²) in [5.74, 6) is -0.881. The van der Waals surface area contributed by atoms with E-state index in [1.807, 2.05) is 24.3 Å². The van der Waals surface area contributed by atoms with Crippen molar-refractivity contribution in [3.05, 3.63) is 59.2 Å². The molecule has 3 aromatic rings. The summed E-state index contributed by atoms with van der Waals surface area (Å²) in [5.41, 5.74) is 2.36. The zero-order chi connectivity index (χ0) is 23.1. The lowest BCUT2D eigenvalue weighted by Crippen LogP contribution is -2.46. The molecule has 8 nitrogen and oxygen atoms in total. The third-order valence-corrected chi connectivity index (χ3v) is 6.40. The van der Waals surface area contributed by atoms with E-state index in [1.165, 1.54) is 0 Å². The van der Waals surface area contributed by atoms with E-state index in [0.29, 0.717) is 59.2 Å². The molecule has 9 heteroatoms. The number of carbonyl (C=O) groups excluding carboxylic acids is 3. The summed E-state index contributed by atoms with van der Waals surface area (Å²) in [5, 5.41) is 14.1. The van der Waals surface area contributed by atoms with Gasteiger partial charge in [0, 0.05) is 35.6 Å². The molecule has 0 radical (unpaired) electrons. The highest BCUT2D eigenvalue weighted by atomic mass is 35.5. The van der Waals surface area contributed by atoms with E-state index >= 15 is 0 Å². The van der Waals surface area contributed by atoms with Crippen molar-refractivity contribution >= 4 is 51.5 Å². The first-order chi connectivity index (χ1) is 16.0. The minimum atomic E-state index is -0.340. The number of para-hydroxylation sites is 1. The normalized spacial score (nSPS) is 16.1. The number of ketones is 1. The number of hydrogen-bond donors (Lipinski definition) is 3. The van der Waals surface area contributed by atoms with Crippen LogP contribution >= 0.6 is 11.6 Å². The standard InChI is InChI=1S/C24H21ClN4O4/c25-12-19(30)29-9-7-14(8-10-29)26-23(32)13-5-6-18-16(11-13)22(31)21(27-18)20-15-3-1-2-4-17(15)28-24(20)33/h1-6,11,14,28,33H,7-10,12H2,(H,26,32). The summed E-state index contributed by atoms with van der Waals surface area (Å²) >= 11 is 5.61. The molecule has 1 fully saturated rings. The van der Waals surface area contributed by atoms with Gasteiger partial charge < -0.3 is 20.3 Å². The second-order valence-corrected chi connectivity index (χ2v) is 8.45. The molecule has 3 N–H and O–H groups in total. The van der Waals surface area contributed by atoms with Crippen molar-refractivity contribution in [2.24, 2.45) is 4.99 Å². The number of hydrogen-bond acceptors (Lipinski definition) is 5. The molecule has 0 aliphatic carbocycles. The van der Waals surface area contributed by atoms with Crippen LogP contribution in [-0.2, 0) is 4.79 Å². The summed E-state index contributed by atoms with van der Waals surface area (Å²) in [6, 6.07) is 12.0. The quantitative estimate of drug-likeness (QED) is 0.514. The number of aromatic nitrogens is 1. The minimum absolute atomic E-state index is 0.0411. The highest BCUT2D eigenvalue weighted by Crippen LogP contribution is 2.35. The Bertz CT molecular complexity index is 1320. The number of benzene rings is 2. The average Bonchev–Trinajstić information content (AvgIpc) is 3.34. The molecule has 2 aliphatic heterocycles. The molecule has 3 heterocycles. The van der Waals surface area contributed by atoms with E-state index in [0.717, 1.165) is 0 Å². The Morgan fingerprint density at radius 1 is 1.18 bits per heavy atom. The Hall–Kier alpha value is -3.65. The highest BCUT2D eigenvalue weighted by Gasteiger charge is 2.31. The van der Waals surface area contributed by atoms with E-state index in [2.05, 4.69) is 15.3 Å². The number of halogens is 1. The fourth-order valence-electron chi connectivity index (χ4n) is 4.42. The number of aromatic hydroxyl groups is 1. The van der Waals surface area contributed by atoms with E-state index < -0.39 is 0 Å². The Kier molecular flexibility index (Phi) is 5.38. The zero-order valence-corrected chi connectivity index (χ0v) is 18.4. The van der Waals surface area contributed by atoms with Gasteiger partial charge in [0.1, 0.15) is 11.6 Å². The predicted molar refractivity (Wildman–Crippen MR) is 125 cm³/mol. The van der Waals surface area contributed by atoms with Gasteiger partial charge in [-0.15, -0.1) is 11.6 Å². The van der Waals surface area contributed by atoms with Crippen LogP contribution < -0.4 is 5.32 Å². The second-order valence-electron chi connectivity index (χ2n) is 8.18. The molecule has 0 atom stereocenters. The maximum atomic E-state index is 13.1. The summed E-state index contributed by atoms with van der Waals surface area (Å²) in [6.45, 7) is 1.09. The number of aliphatic imine (C=N–C) groups is 1. The molecule has 33 heavy (non-hydrogen) atoms. The first-order valence-electron chi connectivity index (χ1n) is 10.7. The molecular formula is C24H21ClN4O4. The lowest BCUT2D eigenvalue weighted by atomic mass is 9.99. The Balaban J connectivity index is 1.33. The van der Waals surface area contributed by atoms with Crippen molar-refractivity contribution in [1.29, 1.82) is 0 Å². The number of fused-ring (bicyclic) bond motifs is 2. The largest absolute Gasteiger partial charge is 0.494 e. The number of nitrogens with one attached hydrogen (secondary N) is 2. The van der Waals surface area contributed by atoms with E-state index in [9.17, 15) is 19.5 Å². The van der Waals surface area contributed by atoms with E-state index in [4.69, 9.17) is 11.6 Å². The first kappa shape index (κ1) is 21.2. The summed E-state index contributed by atoms with van der Waals surface area (Å²) < 4.78 is 0. The van der Waals surface area contributed by atoms with Gasteiger partial charge in [-0.1, -0.05) is 18.2 Å². The van der Waals surface area contributed by atoms with Crippen molar-refractivity contribution in [2.75, 3.05) is 19.0 Å². The number of H-pyrrole nitrogens is 1. The number of nitrogens with zero attached hydrogens (tertiary/aromatic N) is 2. The number of rotatable bonds is 4. The molecule has 2 aromatic carbocycles. The SMILES string of the molecule is O=C(NC1CCN(C(=O)CCl)CC1)c1ccc2c(c1)C(=O)C(c1c(O)[nH]c3ccccc13)=N2. The molecule has 0 saturated carbocycles.